The summed E-state index contributed by atoms with van der Waals surface area (Å²) in [7, 11) is 0. The van der Waals surface area contributed by atoms with Gasteiger partial charge < -0.3 is 9.84 Å². The van der Waals surface area contributed by atoms with Gasteiger partial charge in [-0.2, -0.15) is 0 Å². The monoisotopic (exact) mass is 635 g/mol. The standard InChI is InChI=1S/C24H19Br2N3O6S/c1-4-35-23(32)19-12(3)27-24-28(20(19)13-6-5-11(2)17(8-13)29(33)34)22(31)18(36-24)9-14-7-15(25)10-16(26)21(14)30/h5-10,20,30H,4H2,1-3H3/b18-9+/t20-/m0/s1. The number of phenolic OH excluding ortho intramolecular Hbond substituents is 1. The number of aromatic hydroxyl groups is 1. The van der Waals surface area contributed by atoms with Gasteiger partial charge in [-0.25, -0.2) is 9.79 Å². The molecule has 0 aliphatic carbocycles. The van der Waals surface area contributed by atoms with E-state index in [1.165, 1.54) is 16.7 Å². The summed E-state index contributed by atoms with van der Waals surface area (Å²) in [4.78, 5) is 42.6. The minimum atomic E-state index is -0.982. The molecule has 0 spiro atoms. The highest BCUT2D eigenvalue weighted by molar-refractivity contribution is 9.11. The normalized spacial score (nSPS) is 15.5. The number of phenols is 1. The van der Waals surface area contributed by atoms with Crippen molar-refractivity contribution in [2.24, 2.45) is 4.99 Å². The number of hydrogen-bond acceptors (Lipinski definition) is 8. The fraction of sp³-hybridized carbons (Fsp3) is 0.208. The molecule has 12 heteroatoms. The van der Waals surface area contributed by atoms with Crippen molar-refractivity contribution < 1.29 is 19.6 Å². The first kappa shape index (κ1) is 26.0. The Morgan fingerprint density at radius 3 is 2.69 bits per heavy atom. The molecule has 1 aromatic heterocycles. The first-order chi connectivity index (χ1) is 17.0. The Kier molecular flexibility index (Phi) is 7.30. The van der Waals surface area contributed by atoms with Crippen molar-refractivity contribution in [3.63, 3.8) is 0 Å². The molecule has 186 valence electrons. The molecular weight excluding hydrogens is 618 g/mol. The predicted octanol–water partition coefficient (Wildman–Crippen LogP) is 4.25. The number of thiazole rings is 1. The Morgan fingerprint density at radius 2 is 2.03 bits per heavy atom. The highest BCUT2D eigenvalue weighted by atomic mass is 79.9. The summed E-state index contributed by atoms with van der Waals surface area (Å²) in [6.45, 7) is 5.02. The molecule has 1 atom stereocenters. The number of nitrogens with zero attached hydrogens (tertiary/aromatic N) is 3. The molecule has 1 aliphatic heterocycles. The molecule has 1 N–H and O–H groups in total. The Hall–Kier alpha value is -3.09. The van der Waals surface area contributed by atoms with Gasteiger partial charge in [0.1, 0.15) is 5.75 Å². The van der Waals surface area contributed by atoms with Crippen LogP contribution in [0.2, 0.25) is 0 Å². The number of carbonyl (C=O) groups is 1. The van der Waals surface area contributed by atoms with E-state index < -0.39 is 22.5 Å². The number of aromatic nitrogens is 1. The quantitative estimate of drug-likeness (QED) is 0.254. The molecular formula is C24H19Br2N3O6S. The highest BCUT2D eigenvalue weighted by Gasteiger charge is 2.34. The molecule has 9 nitrogen and oxygen atoms in total. The van der Waals surface area contributed by atoms with E-state index in [0.29, 0.717) is 36.1 Å². The molecule has 0 amide bonds. The van der Waals surface area contributed by atoms with E-state index in [1.807, 2.05) is 0 Å². The second-order valence-electron chi connectivity index (χ2n) is 7.93. The van der Waals surface area contributed by atoms with E-state index in [4.69, 9.17) is 4.74 Å². The number of aryl methyl sites for hydroxylation is 1. The number of allylic oxidation sites excluding steroid dienone is 1. The Bertz CT molecular complexity index is 1640. The van der Waals surface area contributed by atoms with Gasteiger partial charge in [0.25, 0.3) is 11.2 Å². The zero-order valence-corrected chi connectivity index (χ0v) is 23.2. The number of nitro groups is 1. The second kappa shape index (κ2) is 10.1. The minimum absolute atomic E-state index is 0.0434. The second-order valence-corrected chi connectivity index (χ2v) is 10.7. The molecule has 2 aromatic carbocycles. The van der Waals surface area contributed by atoms with Gasteiger partial charge in [-0.3, -0.25) is 19.5 Å². The lowest BCUT2D eigenvalue weighted by Gasteiger charge is -2.24. The maximum atomic E-state index is 13.7. The number of halogens is 2. The summed E-state index contributed by atoms with van der Waals surface area (Å²) < 4.78 is 7.99. The van der Waals surface area contributed by atoms with E-state index in [1.54, 1.807) is 45.0 Å². The van der Waals surface area contributed by atoms with Gasteiger partial charge in [0.15, 0.2) is 4.80 Å². The topological polar surface area (TPSA) is 124 Å². The van der Waals surface area contributed by atoms with Crippen LogP contribution in [-0.2, 0) is 9.53 Å². The van der Waals surface area contributed by atoms with Gasteiger partial charge in [-0.05, 0) is 60.5 Å². The third-order valence-electron chi connectivity index (χ3n) is 5.61. The van der Waals surface area contributed by atoms with Crippen LogP contribution in [0.1, 0.15) is 36.6 Å². The molecule has 0 bridgehead atoms. The summed E-state index contributed by atoms with van der Waals surface area (Å²) in [6.07, 6.45) is 1.53. The fourth-order valence-electron chi connectivity index (χ4n) is 3.94. The highest BCUT2D eigenvalue weighted by Crippen LogP contribution is 2.34. The summed E-state index contributed by atoms with van der Waals surface area (Å²) in [5.41, 5.74) is 1.11. The van der Waals surface area contributed by atoms with Crippen LogP contribution in [0.25, 0.3) is 6.08 Å². The molecule has 0 radical (unpaired) electrons. The number of carbonyl (C=O) groups excluding carboxylic acids is 1. The van der Waals surface area contributed by atoms with Crippen molar-refractivity contribution >= 4 is 60.9 Å². The number of ether oxygens (including phenoxy) is 1. The average molecular weight is 637 g/mol. The van der Waals surface area contributed by atoms with E-state index in [0.717, 1.165) is 11.3 Å². The number of esters is 1. The number of hydrogen-bond donors (Lipinski definition) is 1. The van der Waals surface area contributed by atoms with Crippen molar-refractivity contribution in [3.8, 4) is 5.75 Å². The zero-order chi connectivity index (χ0) is 26.3. The Morgan fingerprint density at radius 1 is 1.31 bits per heavy atom. The van der Waals surface area contributed by atoms with E-state index in [2.05, 4.69) is 36.9 Å². The van der Waals surface area contributed by atoms with Crippen LogP contribution >= 0.6 is 43.2 Å². The van der Waals surface area contributed by atoms with E-state index in [-0.39, 0.29) is 28.1 Å². The third-order valence-corrected chi connectivity index (χ3v) is 7.65. The third kappa shape index (κ3) is 4.67. The van der Waals surface area contributed by atoms with Crippen molar-refractivity contribution in [1.29, 1.82) is 0 Å². The fourth-order valence-corrected chi connectivity index (χ4v) is 6.23. The first-order valence-electron chi connectivity index (χ1n) is 10.7. The first-order valence-corrected chi connectivity index (χ1v) is 13.1. The van der Waals surface area contributed by atoms with E-state index >= 15 is 0 Å². The SMILES string of the molecule is CCOC(=O)C1=C(C)N=c2s/c(=C/c3cc(Br)cc(Br)c3O)c(=O)n2[C@H]1c1ccc(C)c([N+](=O)[O-])c1. The summed E-state index contributed by atoms with van der Waals surface area (Å²) in [5, 5.41) is 22.1. The Labute approximate surface area is 225 Å². The Balaban J connectivity index is 2.02. The maximum Gasteiger partial charge on any atom is 0.338 e. The predicted molar refractivity (Wildman–Crippen MR) is 142 cm³/mol. The molecule has 0 unspecified atom stereocenters. The maximum absolute atomic E-state index is 13.7. The van der Waals surface area contributed by atoms with Gasteiger partial charge in [0.2, 0.25) is 0 Å². The lowest BCUT2D eigenvalue weighted by atomic mass is 9.94. The molecule has 0 saturated carbocycles. The van der Waals surface area contributed by atoms with Crippen LogP contribution in [-0.4, -0.2) is 27.2 Å². The molecule has 0 saturated heterocycles. The van der Waals surface area contributed by atoms with Crippen molar-refractivity contribution in [3.05, 3.63) is 97.0 Å². The van der Waals surface area contributed by atoms with Gasteiger partial charge in [0.05, 0.1) is 37.8 Å². The van der Waals surface area contributed by atoms with Gasteiger partial charge in [-0.1, -0.05) is 39.4 Å². The van der Waals surface area contributed by atoms with E-state index in [9.17, 15) is 24.8 Å². The summed E-state index contributed by atoms with van der Waals surface area (Å²) in [6, 6.07) is 6.95. The minimum Gasteiger partial charge on any atom is -0.506 e. The largest absolute Gasteiger partial charge is 0.506 e. The lowest BCUT2D eigenvalue weighted by molar-refractivity contribution is -0.385. The molecule has 4 rings (SSSR count). The molecule has 0 fully saturated rings. The molecule has 36 heavy (non-hydrogen) atoms. The van der Waals surface area contributed by atoms with Crippen LogP contribution < -0.4 is 14.9 Å². The van der Waals surface area contributed by atoms with Gasteiger partial charge in [0, 0.05) is 21.7 Å². The summed E-state index contributed by atoms with van der Waals surface area (Å²) in [5.74, 6) is -0.701. The molecule has 2 heterocycles. The van der Waals surface area contributed by atoms with Crippen molar-refractivity contribution in [1.82, 2.24) is 4.57 Å². The molecule has 3 aromatic rings. The van der Waals surface area contributed by atoms with Gasteiger partial charge in [-0.15, -0.1) is 0 Å². The number of benzene rings is 2. The molecule has 1 aliphatic rings. The van der Waals surface area contributed by atoms with Crippen LogP contribution in [0.15, 0.2) is 60.3 Å². The van der Waals surface area contributed by atoms with Crippen molar-refractivity contribution in [2.75, 3.05) is 6.61 Å². The van der Waals surface area contributed by atoms with Crippen LogP contribution in [0.5, 0.6) is 5.75 Å². The number of fused-ring (bicyclic) bond motifs is 1. The summed E-state index contributed by atoms with van der Waals surface area (Å²) >= 11 is 7.75. The van der Waals surface area contributed by atoms with Crippen LogP contribution in [0.3, 0.4) is 0 Å². The number of nitro benzene ring substituents is 1. The smallest absolute Gasteiger partial charge is 0.338 e. The van der Waals surface area contributed by atoms with Crippen molar-refractivity contribution in [2.45, 2.75) is 26.8 Å². The number of rotatable bonds is 5. The van der Waals surface area contributed by atoms with Gasteiger partial charge >= 0.3 is 5.97 Å². The van der Waals surface area contributed by atoms with Crippen LogP contribution in [0, 0.1) is 17.0 Å². The average Bonchev–Trinajstić information content (AvgIpc) is 3.11. The zero-order valence-electron chi connectivity index (χ0n) is 19.2. The van der Waals surface area contributed by atoms with Crippen LogP contribution in [0.4, 0.5) is 5.69 Å². The lowest BCUT2D eigenvalue weighted by Crippen LogP contribution is -2.40.